The van der Waals surface area contributed by atoms with E-state index >= 15 is 0 Å². The molecule has 0 unspecified atom stereocenters. The molecular formula is C10H18O3S2. The summed E-state index contributed by atoms with van der Waals surface area (Å²) in [6.45, 7) is 2.13. The van der Waals surface area contributed by atoms with Crippen molar-refractivity contribution in [2.75, 3.05) is 11.5 Å². The quantitative estimate of drug-likeness (QED) is 0.673. The standard InChI is InChI=1S/C10H18O3S2/c1-2-3-4-5-7-14(11)10-6-8-15(12,13)9-10/h6,8,10H,2-5,7,9H2,1H3/t10-,14-/m0/s1. The molecule has 1 rings (SSSR count). The lowest BCUT2D eigenvalue weighted by Gasteiger charge is -2.06. The van der Waals surface area contributed by atoms with E-state index in [4.69, 9.17) is 0 Å². The summed E-state index contributed by atoms with van der Waals surface area (Å²) in [5.41, 5.74) is 0. The SMILES string of the molecule is CCCCCC[S@](=O)[C@H]1C=CS(=O)(=O)C1. The van der Waals surface area contributed by atoms with E-state index in [1.807, 2.05) is 0 Å². The molecule has 88 valence electrons. The van der Waals surface area contributed by atoms with Crippen molar-refractivity contribution in [1.29, 1.82) is 0 Å². The Morgan fingerprint density at radius 3 is 2.60 bits per heavy atom. The maximum Gasteiger partial charge on any atom is 0.172 e. The minimum Gasteiger partial charge on any atom is -0.259 e. The van der Waals surface area contributed by atoms with Crippen molar-refractivity contribution in [1.82, 2.24) is 0 Å². The van der Waals surface area contributed by atoms with Gasteiger partial charge in [-0.2, -0.15) is 0 Å². The molecule has 0 bridgehead atoms. The van der Waals surface area contributed by atoms with Crippen LogP contribution in [0.15, 0.2) is 11.5 Å². The van der Waals surface area contributed by atoms with E-state index in [0.29, 0.717) is 5.75 Å². The second-order valence-electron chi connectivity index (χ2n) is 3.84. The van der Waals surface area contributed by atoms with Crippen molar-refractivity contribution >= 4 is 20.6 Å². The van der Waals surface area contributed by atoms with Crippen LogP contribution in [0.1, 0.15) is 32.6 Å². The van der Waals surface area contributed by atoms with Crippen LogP contribution in [0.3, 0.4) is 0 Å². The number of unbranched alkanes of at least 4 members (excludes halogenated alkanes) is 3. The highest BCUT2D eigenvalue weighted by Gasteiger charge is 2.25. The predicted molar refractivity (Wildman–Crippen MR) is 63.9 cm³/mol. The lowest BCUT2D eigenvalue weighted by atomic mass is 10.2. The first-order valence-corrected chi connectivity index (χ1v) is 8.43. The molecule has 0 aliphatic carbocycles. The summed E-state index contributed by atoms with van der Waals surface area (Å²) in [6, 6.07) is 0. The van der Waals surface area contributed by atoms with Crippen molar-refractivity contribution in [3.8, 4) is 0 Å². The zero-order valence-electron chi connectivity index (χ0n) is 9.02. The van der Waals surface area contributed by atoms with Crippen LogP contribution in [-0.4, -0.2) is 29.4 Å². The third kappa shape index (κ3) is 4.47. The fraction of sp³-hybridized carbons (Fsp3) is 0.800. The Kier molecular flexibility index (Phi) is 4.99. The van der Waals surface area contributed by atoms with Crippen molar-refractivity contribution in [3.05, 3.63) is 11.5 Å². The molecule has 2 atom stereocenters. The molecule has 1 aliphatic heterocycles. The van der Waals surface area contributed by atoms with Gasteiger partial charge in [0.05, 0.1) is 11.0 Å². The van der Waals surface area contributed by atoms with Gasteiger partial charge in [-0.3, -0.25) is 4.21 Å². The predicted octanol–water partition coefficient (Wildman–Crippen LogP) is 1.63. The molecule has 0 N–H and O–H groups in total. The van der Waals surface area contributed by atoms with Gasteiger partial charge in [0.15, 0.2) is 9.84 Å². The number of hydrogen-bond acceptors (Lipinski definition) is 3. The molecule has 0 amide bonds. The first-order valence-electron chi connectivity index (χ1n) is 5.33. The largest absolute Gasteiger partial charge is 0.259 e. The molecule has 0 aromatic rings. The second-order valence-corrected chi connectivity index (χ2v) is 7.55. The van der Waals surface area contributed by atoms with Crippen LogP contribution in [0.25, 0.3) is 0 Å². The first kappa shape index (κ1) is 12.9. The highest BCUT2D eigenvalue weighted by Crippen LogP contribution is 2.15. The van der Waals surface area contributed by atoms with Gasteiger partial charge in [-0.05, 0) is 6.42 Å². The molecule has 5 heteroatoms. The Labute approximate surface area is 94.3 Å². The van der Waals surface area contributed by atoms with E-state index in [1.165, 1.54) is 5.41 Å². The number of hydrogen-bond donors (Lipinski definition) is 0. The van der Waals surface area contributed by atoms with Crippen LogP contribution < -0.4 is 0 Å². The van der Waals surface area contributed by atoms with Gasteiger partial charge in [-0.1, -0.05) is 32.3 Å². The molecule has 0 fully saturated rings. The number of rotatable bonds is 6. The first-order chi connectivity index (χ1) is 7.05. The van der Waals surface area contributed by atoms with Gasteiger partial charge in [-0.25, -0.2) is 8.42 Å². The summed E-state index contributed by atoms with van der Waals surface area (Å²) in [5, 5.41) is 0.929. The van der Waals surface area contributed by atoms with Gasteiger partial charge >= 0.3 is 0 Å². The van der Waals surface area contributed by atoms with Crippen LogP contribution in [-0.2, 0) is 20.6 Å². The van der Waals surface area contributed by atoms with Gasteiger partial charge in [0, 0.05) is 22.0 Å². The molecule has 0 radical (unpaired) electrons. The Morgan fingerprint density at radius 2 is 2.07 bits per heavy atom. The fourth-order valence-electron chi connectivity index (χ4n) is 1.53. The summed E-state index contributed by atoms with van der Waals surface area (Å²) < 4.78 is 33.9. The van der Waals surface area contributed by atoms with Crippen molar-refractivity contribution < 1.29 is 12.6 Å². The van der Waals surface area contributed by atoms with Crippen LogP contribution >= 0.6 is 0 Å². The van der Waals surface area contributed by atoms with Gasteiger partial charge in [0.1, 0.15) is 0 Å². The Bertz CT molecular complexity index is 344. The van der Waals surface area contributed by atoms with Crippen LogP contribution in [0.5, 0.6) is 0 Å². The zero-order chi connectivity index (χ0) is 11.3. The lowest BCUT2D eigenvalue weighted by Crippen LogP contribution is -2.19. The molecule has 0 aromatic heterocycles. The van der Waals surface area contributed by atoms with Gasteiger partial charge in [-0.15, -0.1) is 0 Å². The minimum absolute atomic E-state index is 0.0351. The lowest BCUT2D eigenvalue weighted by molar-refractivity contribution is 0.605. The monoisotopic (exact) mass is 250 g/mol. The zero-order valence-corrected chi connectivity index (χ0v) is 10.6. The van der Waals surface area contributed by atoms with E-state index in [9.17, 15) is 12.6 Å². The molecule has 0 aromatic carbocycles. The normalized spacial score (nSPS) is 25.5. The third-order valence-electron chi connectivity index (χ3n) is 2.43. The van der Waals surface area contributed by atoms with Crippen molar-refractivity contribution in [2.45, 2.75) is 37.9 Å². The molecule has 15 heavy (non-hydrogen) atoms. The second kappa shape index (κ2) is 5.80. The van der Waals surface area contributed by atoms with Crippen molar-refractivity contribution in [3.63, 3.8) is 0 Å². The van der Waals surface area contributed by atoms with Crippen LogP contribution in [0.2, 0.25) is 0 Å². The van der Waals surface area contributed by atoms with Crippen LogP contribution in [0, 0.1) is 0 Å². The van der Waals surface area contributed by atoms with Gasteiger partial charge < -0.3 is 0 Å². The van der Waals surface area contributed by atoms with Gasteiger partial charge in [0.25, 0.3) is 0 Å². The van der Waals surface area contributed by atoms with Crippen molar-refractivity contribution in [2.24, 2.45) is 0 Å². The van der Waals surface area contributed by atoms with E-state index < -0.39 is 20.6 Å². The highest BCUT2D eigenvalue weighted by molar-refractivity contribution is 7.96. The smallest absolute Gasteiger partial charge is 0.172 e. The van der Waals surface area contributed by atoms with Crippen LogP contribution in [0.4, 0.5) is 0 Å². The third-order valence-corrected chi connectivity index (χ3v) is 5.73. The molecule has 0 saturated heterocycles. The molecular weight excluding hydrogens is 232 g/mol. The summed E-state index contributed by atoms with van der Waals surface area (Å²) in [5.74, 6) is 0.665. The average Bonchev–Trinajstić information content (AvgIpc) is 2.53. The molecule has 1 aliphatic rings. The molecule has 3 nitrogen and oxygen atoms in total. The summed E-state index contributed by atoms with van der Waals surface area (Å²) >= 11 is 0. The maximum atomic E-state index is 11.7. The topological polar surface area (TPSA) is 51.2 Å². The summed E-state index contributed by atoms with van der Waals surface area (Å²) in [7, 11) is -4.06. The average molecular weight is 250 g/mol. The summed E-state index contributed by atoms with van der Waals surface area (Å²) in [4.78, 5) is 0. The summed E-state index contributed by atoms with van der Waals surface area (Å²) in [6.07, 6.45) is 5.92. The fourth-order valence-corrected chi connectivity index (χ4v) is 4.96. The Balaban J connectivity index is 2.28. The molecule has 1 heterocycles. The van der Waals surface area contributed by atoms with E-state index in [-0.39, 0.29) is 11.0 Å². The number of sulfone groups is 1. The Hall–Kier alpha value is -0.160. The maximum absolute atomic E-state index is 11.7. The van der Waals surface area contributed by atoms with E-state index in [0.717, 1.165) is 25.7 Å². The van der Waals surface area contributed by atoms with E-state index in [1.54, 1.807) is 6.08 Å². The highest BCUT2D eigenvalue weighted by atomic mass is 32.2. The molecule has 0 spiro atoms. The Morgan fingerprint density at radius 1 is 1.33 bits per heavy atom. The minimum atomic E-state index is -3.05. The van der Waals surface area contributed by atoms with E-state index in [2.05, 4.69) is 6.92 Å². The molecule has 0 saturated carbocycles. The van der Waals surface area contributed by atoms with Gasteiger partial charge in [0.2, 0.25) is 0 Å².